The van der Waals surface area contributed by atoms with Gasteiger partial charge in [-0.15, -0.1) is 0 Å². The Labute approximate surface area is 259 Å². The molecule has 3 N–H and O–H groups in total. The third kappa shape index (κ3) is 7.09. The minimum Gasteiger partial charge on any atom is -0.379 e. The number of carbonyl (C=O) groups excluding carboxylic acids is 2. The van der Waals surface area contributed by atoms with Crippen molar-refractivity contribution in [2.75, 3.05) is 50.0 Å². The molecule has 0 radical (unpaired) electrons. The van der Waals surface area contributed by atoms with Crippen LogP contribution in [0.5, 0.6) is 0 Å². The number of aryl methyl sites for hydroxylation is 1. The van der Waals surface area contributed by atoms with Gasteiger partial charge in [-0.25, -0.2) is 9.78 Å². The third-order valence-electron chi connectivity index (χ3n) is 7.58. The van der Waals surface area contributed by atoms with Gasteiger partial charge in [0.25, 0.3) is 0 Å². The maximum Gasteiger partial charge on any atom is 0.324 e. The van der Waals surface area contributed by atoms with E-state index in [2.05, 4.69) is 48.6 Å². The van der Waals surface area contributed by atoms with Crippen LogP contribution in [-0.2, 0) is 21.4 Å². The summed E-state index contributed by atoms with van der Waals surface area (Å²) in [7, 11) is 0. The molecule has 0 saturated carbocycles. The Hall–Kier alpha value is -4.26. The summed E-state index contributed by atoms with van der Waals surface area (Å²) >= 11 is 1.63. The molecule has 1 saturated heterocycles. The first-order valence-electron chi connectivity index (χ1n) is 14.8. The summed E-state index contributed by atoms with van der Waals surface area (Å²) in [5.41, 5.74) is 4.47. The second kappa shape index (κ2) is 12.8. The summed E-state index contributed by atoms with van der Waals surface area (Å²) < 4.78 is 13.9. The molecule has 3 amide bonds. The van der Waals surface area contributed by atoms with Gasteiger partial charge in [0.1, 0.15) is 5.76 Å². The molecule has 0 atom stereocenters. The molecule has 11 nitrogen and oxygen atoms in total. The quantitative estimate of drug-likeness (QED) is 0.199. The van der Waals surface area contributed by atoms with Gasteiger partial charge in [0.05, 0.1) is 29.1 Å². The molecule has 6 rings (SSSR count). The first-order valence-corrected chi connectivity index (χ1v) is 15.7. The van der Waals surface area contributed by atoms with Crippen molar-refractivity contribution in [1.82, 2.24) is 24.8 Å². The highest BCUT2D eigenvalue weighted by atomic mass is 32.1. The number of imidazole rings is 1. The van der Waals surface area contributed by atoms with Crippen LogP contribution in [0.2, 0.25) is 0 Å². The van der Waals surface area contributed by atoms with E-state index in [9.17, 15) is 9.59 Å². The number of ether oxygens (including phenoxy) is 1. The number of rotatable bonds is 9. The molecule has 3 aromatic heterocycles. The molecule has 5 aromatic rings. The molecule has 2 aromatic carbocycles. The fourth-order valence-corrected chi connectivity index (χ4v) is 6.13. The van der Waals surface area contributed by atoms with E-state index >= 15 is 0 Å². The molecular weight excluding hydrogens is 578 g/mol. The van der Waals surface area contributed by atoms with Crippen molar-refractivity contribution in [3.05, 3.63) is 66.1 Å². The van der Waals surface area contributed by atoms with Gasteiger partial charge >= 0.3 is 6.03 Å². The fourth-order valence-electron chi connectivity index (χ4n) is 5.06. The number of hydrogen-bond acceptors (Lipinski definition) is 8. The van der Waals surface area contributed by atoms with Gasteiger partial charge in [-0.1, -0.05) is 55.5 Å². The molecule has 1 aliphatic rings. The fraction of sp³-hybridized carbons (Fsp3) is 0.375. The number of aromatic nitrogens is 3. The topological polar surface area (TPSA) is 126 Å². The maximum atomic E-state index is 12.5. The van der Waals surface area contributed by atoms with Crippen molar-refractivity contribution in [3.63, 3.8) is 0 Å². The number of nitrogens with zero attached hydrogens (tertiary/aromatic N) is 4. The van der Waals surface area contributed by atoms with Crippen LogP contribution in [0.15, 0.2) is 59.3 Å². The number of benzene rings is 2. The smallest absolute Gasteiger partial charge is 0.324 e. The summed E-state index contributed by atoms with van der Waals surface area (Å²) in [6.07, 6.45) is 3.19. The van der Waals surface area contributed by atoms with Crippen LogP contribution < -0.4 is 16.0 Å². The van der Waals surface area contributed by atoms with E-state index in [0.717, 1.165) is 64.8 Å². The molecule has 0 bridgehead atoms. The van der Waals surface area contributed by atoms with Crippen molar-refractivity contribution >= 4 is 50.0 Å². The lowest BCUT2D eigenvalue weighted by Gasteiger charge is -2.26. The normalized spacial score (nSPS) is 14.2. The zero-order valence-electron chi connectivity index (χ0n) is 25.2. The van der Waals surface area contributed by atoms with Crippen molar-refractivity contribution < 1.29 is 18.8 Å². The average Bonchev–Trinajstić information content (AvgIpc) is 3.72. The molecule has 12 heteroatoms. The van der Waals surface area contributed by atoms with Crippen LogP contribution in [0.25, 0.3) is 26.4 Å². The number of hydrogen-bond donors (Lipinski definition) is 3. The largest absolute Gasteiger partial charge is 0.379 e. The average molecular weight is 616 g/mol. The Balaban J connectivity index is 1.03. The number of amides is 3. The van der Waals surface area contributed by atoms with E-state index in [1.165, 1.54) is 0 Å². The third-order valence-corrected chi connectivity index (χ3v) is 8.60. The van der Waals surface area contributed by atoms with Crippen molar-refractivity contribution in [1.29, 1.82) is 0 Å². The van der Waals surface area contributed by atoms with Crippen LogP contribution in [0.3, 0.4) is 0 Å². The second-order valence-corrected chi connectivity index (χ2v) is 13.0. The predicted octanol–water partition coefficient (Wildman–Crippen LogP) is 5.53. The van der Waals surface area contributed by atoms with Crippen molar-refractivity contribution in [2.45, 2.75) is 39.0 Å². The first kappa shape index (κ1) is 29.8. The molecule has 44 heavy (non-hydrogen) atoms. The molecule has 0 unspecified atom stereocenters. The zero-order chi connectivity index (χ0) is 30.7. The molecule has 1 aliphatic heterocycles. The maximum absolute atomic E-state index is 12.5. The van der Waals surface area contributed by atoms with Crippen LogP contribution in [-0.4, -0.2) is 70.8 Å². The molecule has 4 heterocycles. The number of fused-ring (bicyclic) bond motifs is 3. The lowest BCUT2D eigenvalue weighted by Crippen LogP contribution is -2.41. The minimum absolute atomic E-state index is 0.0792. The zero-order valence-corrected chi connectivity index (χ0v) is 26.0. The van der Waals surface area contributed by atoms with Gasteiger partial charge in [-0.2, -0.15) is 0 Å². The lowest BCUT2D eigenvalue weighted by molar-refractivity contribution is -0.121. The summed E-state index contributed by atoms with van der Waals surface area (Å²) in [5.74, 6) is 1.14. The molecule has 0 spiro atoms. The molecule has 1 fully saturated rings. The van der Waals surface area contributed by atoms with E-state index in [-0.39, 0.29) is 11.3 Å². The van der Waals surface area contributed by atoms with Crippen LogP contribution in [0, 0.1) is 0 Å². The van der Waals surface area contributed by atoms with Crippen LogP contribution >= 0.6 is 11.3 Å². The van der Waals surface area contributed by atoms with E-state index < -0.39 is 6.03 Å². The monoisotopic (exact) mass is 615 g/mol. The second-order valence-electron chi connectivity index (χ2n) is 12.0. The van der Waals surface area contributed by atoms with Gasteiger partial charge in [0, 0.05) is 61.5 Å². The SMILES string of the molecule is CC(C)(C)c1cc(NC(=O)Nc2ccc(-c3cn4c(n3)sc3cc(CCC(=O)NCCN5CCOCC5)ccc34)cc2)no1. The number of thiazole rings is 1. The number of carbonyl (C=O) groups is 2. The number of urea groups is 1. The van der Waals surface area contributed by atoms with E-state index in [1.807, 2.05) is 51.2 Å². The Morgan fingerprint density at radius 1 is 1.02 bits per heavy atom. The van der Waals surface area contributed by atoms with Crippen molar-refractivity contribution in [3.8, 4) is 11.3 Å². The molecule has 230 valence electrons. The lowest BCUT2D eigenvalue weighted by atomic mass is 9.93. The van der Waals surface area contributed by atoms with Gasteiger partial charge in [-0.05, 0) is 36.2 Å². The summed E-state index contributed by atoms with van der Waals surface area (Å²) in [6, 6.07) is 15.2. The highest BCUT2D eigenvalue weighted by molar-refractivity contribution is 7.23. The van der Waals surface area contributed by atoms with Crippen molar-refractivity contribution in [2.24, 2.45) is 0 Å². The van der Waals surface area contributed by atoms with Gasteiger partial charge in [-0.3, -0.25) is 19.4 Å². The Morgan fingerprint density at radius 2 is 1.82 bits per heavy atom. The summed E-state index contributed by atoms with van der Waals surface area (Å²) in [5, 5.41) is 12.5. The number of anilines is 2. The summed E-state index contributed by atoms with van der Waals surface area (Å²) in [6.45, 7) is 11.0. The molecule has 0 aliphatic carbocycles. The Morgan fingerprint density at radius 3 is 2.57 bits per heavy atom. The summed E-state index contributed by atoms with van der Waals surface area (Å²) in [4.78, 5) is 32.9. The molecular formula is C32H37N7O4S. The number of nitrogens with one attached hydrogen (secondary N) is 3. The number of morpholine rings is 1. The predicted molar refractivity (Wildman–Crippen MR) is 172 cm³/mol. The standard InChI is InChI=1S/C32H37N7O4S/c1-32(2,3)27-19-28(37-43-27)36-30(41)34-23-8-6-22(7-9-23)24-20-39-25-10-4-21(18-26(25)44-31(39)35-24)5-11-29(40)33-12-13-38-14-16-42-17-15-38/h4,6-10,18-20H,5,11-17H2,1-3H3,(H,33,40)(H2,34,36,37,41). The highest BCUT2D eigenvalue weighted by Gasteiger charge is 2.20. The van der Waals surface area contributed by atoms with E-state index in [0.29, 0.717) is 36.7 Å². The first-order chi connectivity index (χ1) is 21.2. The van der Waals surface area contributed by atoms with Gasteiger partial charge in [0.2, 0.25) is 5.91 Å². The highest BCUT2D eigenvalue weighted by Crippen LogP contribution is 2.31. The Bertz CT molecular complexity index is 1760. The van der Waals surface area contributed by atoms with E-state index in [1.54, 1.807) is 17.4 Å². The Kier molecular flexibility index (Phi) is 8.65. The van der Waals surface area contributed by atoms with Crippen LogP contribution in [0.1, 0.15) is 38.5 Å². The van der Waals surface area contributed by atoms with Crippen LogP contribution in [0.4, 0.5) is 16.3 Å². The minimum atomic E-state index is -0.399. The van der Waals surface area contributed by atoms with Gasteiger partial charge < -0.3 is 19.9 Å². The van der Waals surface area contributed by atoms with E-state index in [4.69, 9.17) is 14.2 Å². The van der Waals surface area contributed by atoms with Gasteiger partial charge in [0.15, 0.2) is 10.8 Å².